The summed E-state index contributed by atoms with van der Waals surface area (Å²) < 4.78 is 13.1. The Morgan fingerprint density at radius 1 is 1.47 bits per heavy atom. The van der Waals surface area contributed by atoms with Crippen LogP contribution in [0.15, 0.2) is 24.3 Å². The molecule has 0 spiro atoms. The number of aliphatic hydroxyl groups is 1. The summed E-state index contributed by atoms with van der Waals surface area (Å²) in [6, 6.07) is 6.32. The summed E-state index contributed by atoms with van der Waals surface area (Å²) in [6.45, 7) is 4.28. The Balaban J connectivity index is 2.36. The van der Waals surface area contributed by atoms with E-state index in [9.17, 15) is 14.3 Å². The van der Waals surface area contributed by atoms with Crippen LogP contribution >= 0.6 is 0 Å². The minimum absolute atomic E-state index is 0.0215. The van der Waals surface area contributed by atoms with Crippen molar-refractivity contribution in [2.75, 3.05) is 6.54 Å². The highest BCUT2D eigenvalue weighted by Crippen LogP contribution is 2.19. The molecule has 0 heterocycles. The average Bonchev–Trinajstić information content (AvgIpc) is 2.38. The number of rotatable bonds is 7. The van der Waals surface area contributed by atoms with E-state index in [1.807, 2.05) is 19.9 Å². The fourth-order valence-electron chi connectivity index (χ4n) is 1.86. The van der Waals surface area contributed by atoms with Crippen LogP contribution in [0.5, 0.6) is 0 Å². The fraction of sp³-hybridized carbons (Fsp3) is 0.533. The first-order valence-electron chi connectivity index (χ1n) is 6.73. The summed E-state index contributed by atoms with van der Waals surface area (Å²) >= 11 is 0. The molecule has 2 unspecified atom stereocenters. The van der Waals surface area contributed by atoms with Gasteiger partial charge < -0.3 is 10.4 Å². The predicted molar refractivity (Wildman–Crippen MR) is 73.4 cm³/mol. The van der Waals surface area contributed by atoms with Crippen LogP contribution in [0.1, 0.15) is 44.6 Å². The van der Waals surface area contributed by atoms with Gasteiger partial charge in [0, 0.05) is 13.0 Å². The van der Waals surface area contributed by atoms with Crippen LogP contribution in [0.3, 0.4) is 0 Å². The molecule has 106 valence electrons. The molecule has 4 heteroatoms. The van der Waals surface area contributed by atoms with Crippen molar-refractivity contribution < 1.29 is 14.3 Å². The van der Waals surface area contributed by atoms with Crippen LogP contribution in [-0.2, 0) is 4.79 Å². The molecule has 3 nitrogen and oxygen atoms in total. The van der Waals surface area contributed by atoms with E-state index in [0.717, 1.165) is 5.56 Å². The maximum Gasteiger partial charge on any atom is 0.220 e. The quantitative estimate of drug-likeness (QED) is 0.797. The van der Waals surface area contributed by atoms with Crippen molar-refractivity contribution in [3.63, 3.8) is 0 Å². The second kappa shape index (κ2) is 7.89. The van der Waals surface area contributed by atoms with E-state index in [4.69, 9.17) is 0 Å². The molecule has 1 aromatic carbocycles. The van der Waals surface area contributed by atoms with E-state index in [-0.39, 0.29) is 23.7 Å². The van der Waals surface area contributed by atoms with Gasteiger partial charge in [-0.1, -0.05) is 26.0 Å². The molecule has 0 aliphatic heterocycles. The summed E-state index contributed by atoms with van der Waals surface area (Å²) in [4.78, 5) is 11.7. The van der Waals surface area contributed by atoms with E-state index in [1.165, 1.54) is 12.1 Å². The largest absolute Gasteiger partial charge is 0.393 e. The molecular weight excluding hydrogens is 245 g/mol. The zero-order valence-electron chi connectivity index (χ0n) is 11.5. The second-order valence-corrected chi connectivity index (χ2v) is 4.86. The van der Waals surface area contributed by atoms with Crippen LogP contribution in [0, 0.1) is 5.82 Å². The zero-order chi connectivity index (χ0) is 14.3. The number of aliphatic hydroxyl groups excluding tert-OH is 1. The summed E-state index contributed by atoms with van der Waals surface area (Å²) in [6.07, 6.45) is 1.22. The molecule has 2 atom stereocenters. The summed E-state index contributed by atoms with van der Waals surface area (Å²) in [5.74, 6) is -0.373. The predicted octanol–water partition coefficient (Wildman–Crippen LogP) is 2.60. The molecule has 0 saturated carbocycles. The first-order valence-corrected chi connectivity index (χ1v) is 6.73. The van der Waals surface area contributed by atoms with Crippen molar-refractivity contribution >= 4 is 5.91 Å². The smallest absolute Gasteiger partial charge is 0.220 e. The number of halogens is 1. The van der Waals surface area contributed by atoms with E-state index in [2.05, 4.69) is 5.32 Å². The third-order valence-corrected chi connectivity index (χ3v) is 3.18. The molecule has 0 aliphatic rings. The average molecular weight is 267 g/mol. The van der Waals surface area contributed by atoms with Gasteiger partial charge in [0.25, 0.3) is 0 Å². The molecule has 1 rings (SSSR count). The van der Waals surface area contributed by atoms with Gasteiger partial charge >= 0.3 is 0 Å². The Kier molecular flexibility index (Phi) is 6.50. The van der Waals surface area contributed by atoms with Crippen LogP contribution in [0.25, 0.3) is 0 Å². The number of benzene rings is 1. The molecule has 0 saturated heterocycles. The highest BCUT2D eigenvalue weighted by molar-refractivity contribution is 5.76. The molecule has 1 amide bonds. The maximum absolute atomic E-state index is 13.1. The van der Waals surface area contributed by atoms with Crippen LogP contribution < -0.4 is 5.32 Å². The lowest BCUT2D eigenvalue weighted by molar-refractivity contribution is -0.121. The number of amides is 1. The first kappa shape index (κ1) is 15.6. The summed E-state index contributed by atoms with van der Waals surface area (Å²) in [7, 11) is 0. The number of carbonyl (C=O) groups is 1. The maximum atomic E-state index is 13.1. The number of nitrogens with one attached hydrogen (secondary N) is 1. The molecular formula is C15H22FNO2. The minimum atomic E-state index is -0.360. The standard InChI is InChI=1S/C15H22FNO2/c1-3-14(18)7-8-17-15(19)9-11(2)12-5-4-6-13(16)10-12/h4-6,10-11,14,18H,3,7-9H2,1-2H3,(H,17,19). The Hall–Kier alpha value is -1.42. The summed E-state index contributed by atoms with van der Waals surface area (Å²) in [5.41, 5.74) is 0.823. The Bertz CT molecular complexity index is 409. The van der Waals surface area contributed by atoms with Gasteiger partial charge in [-0.2, -0.15) is 0 Å². The Morgan fingerprint density at radius 3 is 2.84 bits per heavy atom. The first-order chi connectivity index (χ1) is 9.02. The van der Waals surface area contributed by atoms with Gasteiger partial charge in [-0.3, -0.25) is 4.79 Å². The lowest BCUT2D eigenvalue weighted by Gasteiger charge is -2.13. The molecule has 0 aromatic heterocycles. The van der Waals surface area contributed by atoms with Gasteiger partial charge in [-0.25, -0.2) is 4.39 Å². The number of hydrogen-bond acceptors (Lipinski definition) is 2. The number of carbonyl (C=O) groups excluding carboxylic acids is 1. The molecule has 0 aliphatic carbocycles. The third-order valence-electron chi connectivity index (χ3n) is 3.18. The zero-order valence-corrected chi connectivity index (χ0v) is 11.5. The van der Waals surface area contributed by atoms with Crippen molar-refractivity contribution in [3.8, 4) is 0 Å². The van der Waals surface area contributed by atoms with Crippen LogP contribution in [-0.4, -0.2) is 23.7 Å². The highest BCUT2D eigenvalue weighted by atomic mass is 19.1. The van der Waals surface area contributed by atoms with Gasteiger partial charge in [-0.05, 0) is 36.5 Å². The fourth-order valence-corrected chi connectivity index (χ4v) is 1.86. The van der Waals surface area contributed by atoms with Gasteiger partial charge in [0.05, 0.1) is 6.10 Å². The van der Waals surface area contributed by atoms with E-state index < -0.39 is 0 Å². The molecule has 19 heavy (non-hydrogen) atoms. The number of hydrogen-bond donors (Lipinski definition) is 2. The summed E-state index contributed by atoms with van der Waals surface area (Å²) in [5, 5.41) is 12.1. The van der Waals surface area contributed by atoms with Crippen molar-refractivity contribution in [3.05, 3.63) is 35.6 Å². The lowest BCUT2D eigenvalue weighted by Crippen LogP contribution is -2.27. The van der Waals surface area contributed by atoms with Crippen molar-refractivity contribution in [1.29, 1.82) is 0 Å². The van der Waals surface area contributed by atoms with Gasteiger partial charge in [0.15, 0.2) is 0 Å². The van der Waals surface area contributed by atoms with E-state index in [1.54, 1.807) is 6.07 Å². The Morgan fingerprint density at radius 2 is 2.21 bits per heavy atom. The van der Waals surface area contributed by atoms with Crippen molar-refractivity contribution in [2.45, 2.75) is 45.1 Å². The van der Waals surface area contributed by atoms with Gasteiger partial charge in [0.2, 0.25) is 5.91 Å². The third kappa shape index (κ3) is 5.83. The molecule has 1 aromatic rings. The monoisotopic (exact) mass is 267 g/mol. The molecule has 0 fully saturated rings. The second-order valence-electron chi connectivity index (χ2n) is 4.86. The molecule has 0 bridgehead atoms. The highest BCUT2D eigenvalue weighted by Gasteiger charge is 2.12. The van der Waals surface area contributed by atoms with E-state index >= 15 is 0 Å². The Labute approximate surface area is 113 Å². The van der Waals surface area contributed by atoms with Crippen LogP contribution in [0.2, 0.25) is 0 Å². The topological polar surface area (TPSA) is 49.3 Å². The van der Waals surface area contributed by atoms with E-state index in [0.29, 0.717) is 25.8 Å². The van der Waals surface area contributed by atoms with Crippen molar-refractivity contribution in [1.82, 2.24) is 5.32 Å². The molecule has 0 radical (unpaired) electrons. The molecule has 2 N–H and O–H groups in total. The van der Waals surface area contributed by atoms with Crippen molar-refractivity contribution in [2.24, 2.45) is 0 Å². The lowest BCUT2D eigenvalue weighted by atomic mass is 9.97. The minimum Gasteiger partial charge on any atom is -0.393 e. The van der Waals surface area contributed by atoms with Gasteiger partial charge in [-0.15, -0.1) is 0 Å². The normalized spacial score (nSPS) is 13.9. The SMILES string of the molecule is CCC(O)CCNC(=O)CC(C)c1cccc(F)c1. The van der Waals surface area contributed by atoms with Crippen LogP contribution in [0.4, 0.5) is 4.39 Å². The van der Waals surface area contributed by atoms with Gasteiger partial charge in [0.1, 0.15) is 5.82 Å².